The number of hydrogen-bond donors (Lipinski definition) is 1. The smallest absolute Gasteiger partial charge is 0.270 e. The van der Waals surface area contributed by atoms with E-state index >= 15 is 0 Å². The molecule has 0 fully saturated rings. The molecule has 1 heterocycles. The van der Waals surface area contributed by atoms with E-state index in [-0.39, 0.29) is 23.4 Å². The normalized spacial score (nSPS) is 11.8. The van der Waals surface area contributed by atoms with Crippen molar-refractivity contribution in [1.82, 2.24) is 20.1 Å². The van der Waals surface area contributed by atoms with Crippen LogP contribution in [-0.2, 0) is 11.8 Å². The number of benzene rings is 2. The first-order chi connectivity index (χ1) is 13.5. The maximum Gasteiger partial charge on any atom is 0.270 e. The fraction of sp³-hybridized carbons (Fsp3) is 0.211. The lowest BCUT2D eigenvalue weighted by Gasteiger charge is -2.13. The van der Waals surface area contributed by atoms with Crippen molar-refractivity contribution in [3.05, 3.63) is 70.3 Å². The Morgan fingerprint density at radius 2 is 1.96 bits per heavy atom. The number of carbonyl (C=O) groups is 1. The van der Waals surface area contributed by atoms with Crippen LogP contribution in [0, 0.1) is 10.1 Å². The fourth-order valence-electron chi connectivity index (χ4n) is 2.69. The van der Waals surface area contributed by atoms with Crippen molar-refractivity contribution in [2.75, 3.05) is 5.75 Å². The molecule has 0 bridgehead atoms. The molecule has 0 spiro atoms. The topological polar surface area (TPSA) is 103 Å². The molecule has 1 atom stereocenters. The van der Waals surface area contributed by atoms with Crippen LogP contribution in [0.15, 0.2) is 59.8 Å². The quantitative estimate of drug-likeness (QED) is 0.372. The summed E-state index contributed by atoms with van der Waals surface area (Å²) in [5.41, 5.74) is 1.62. The van der Waals surface area contributed by atoms with Crippen molar-refractivity contribution in [1.29, 1.82) is 0 Å². The van der Waals surface area contributed by atoms with Gasteiger partial charge in [-0.05, 0) is 12.5 Å². The van der Waals surface area contributed by atoms with Crippen molar-refractivity contribution < 1.29 is 9.72 Å². The average molecular weight is 397 g/mol. The van der Waals surface area contributed by atoms with Gasteiger partial charge in [0.05, 0.1) is 16.7 Å². The Morgan fingerprint density at radius 1 is 1.21 bits per heavy atom. The molecular formula is C19H19N5O3S. The van der Waals surface area contributed by atoms with Crippen molar-refractivity contribution in [2.24, 2.45) is 7.05 Å². The van der Waals surface area contributed by atoms with Gasteiger partial charge in [-0.25, -0.2) is 0 Å². The van der Waals surface area contributed by atoms with Gasteiger partial charge < -0.3 is 9.88 Å². The van der Waals surface area contributed by atoms with Crippen LogP contribution in [0.1, 0.15) is 18.5 Å². The highest BCUT2D eigenvalue weighted by Gasteiger charge is 2.16. The van der Waals surface area contributed by atoms with Gasteiger partial charge in [0.2, 0.25) is 5.91 Å². The second-order valence-electron chi connectivity index (χ2n) is 6.16. The summed E-state index contributed by atoms with van der Waals surface area (Å²) in [6.07, 6.45) is 0. The van der Waals surface area contributed by atoms with Crippen molar-refractivity contribution in [3.8, 4) is 11.4 Å². The maximum atomic E-state index is 12.2. The zero-order chi connectivity index (χ0) is 20.1. The molecule has 9 heteroatoms. The molecule has 3 rings (SSSR count). The van der Waals surface area contributed by atoms with Crippen LogP contribution < -0.4 is 5.32 Å². The third kappa shape index (κ3) is 4.55. The van der Waals surface area contributed by atoms with Gasteiger partial charge in [-0.1, -0.05) is 54.2 Å². The second kappa shape index (κ2) is 8.66. The number of rotatable bonds is 7. The number of nitro benzene ring substituents is 1. The molecule has 144 valence electrons. The minimum atomic E-state index is -0.451. The van der Waals surface area contributed by atoms with E-state index in [4.69, 9.17) is 0 Å². The summed E-state index contributed by atoms with van der Waals surface area (Å²) in [5, 5.41) is 22.7. The third-order valence-electron chi connectivity index (χ3n) is 4.16. The Bertz CT molecular complexity index is 990. The van der Waals surface area contributed by atoms with Gasteiger partial charge in [0, 0.05) is 24.7 Å². The summed E-state index contributed by atoms with van der Waals surface area (Å²) in [6.45, 7) is 1.93. The highest BCUT2D eigenvalue weighted by atomic mass is 32.2. The minimum Gasteiger partial charge on any atom is -0.349 e. The number of thioether (sulfide) groups is 1. The lowest BCUT2D eigenvalue weighted by molar-refractivity contribution is -0.384. The molecule has 0 saturated carbocycles. The van der Waals surface area contributed by atoms with E-state index in [9.17, 15) is 14.9 Å². The number of nitro groups is 1. The van der Waals surface area contributed by atoms with E-state index in [1.807, 2.05) is 37.3 Å². The van der Waals surface area contributed by atoms with Gasteiger partial charge in [-0.15, -0.1) is 10.2 Å². The molecule has 0 saturated heterocycles. The van der Waals surface area contributed by atoms with Crippen LogP contribution in [0.5, 0.6) is 0 Å². The summed E-state index contributed by atoms with van der Waals surface area (Å²) in [4.78, 5) is 22.7. The molecule has 2 aromatic carbocycles. The largest absolute Gasteiger partial charge is 0.349 e. The molecule has 0 unspecified atom stereocenters. The number of hydrogen-bond acceptors (Lipinski definition) is 6. The monoisotopic (exact) mass is 397 g/mol. The minimum absolute atomic E-state index is 0.0102. The van der Waals surface area contributed by atoms with Crippen molar-refractivity contribution in [3.63, 3.8) is 0 Å². The van der Waals surface area contributed by atoms with E-state index in [0.717, 1.165) is 5.56 Å². The van der Waals surface area contributed by atoms with Gasteiger partial charge in [0.15, 0.2) is 11.0 Å². The number of nitrogens with zero attached hydrogens (tertiary/aromatic N) is 4. The Balaban J connectivity index is 1.64. The first-order valence-corrected chi connectivity index (χ1v) is 9.55. The Labute approximate surface area is 166 Å². The second-order valence-corrected chi connectivity index (χ2v) is 7.10. The zero-order valence-electron chi connectivity index (χ0n) is 15.4. The lowest BCUT2D eigenvalue weighted by Crippen LogP contribution is -2.28. The molecule has 0 aliphatic carbocycles. The first kappa shape index (κ1) is 19.6. The van der Waals surface area contributed by atoms with Crippen molar-refractivity contribution >= 4 is 23.4 Å². The van der Waals surface area contributed by atoms with Crippen LogP contribution in [0.3, 0.4) is 0 Å². The van der Waals surface area contributed by atoms with Gasteiger partial charge in [-0.3, -0.25) is 14.9 Å². The average Bonchev–Trinajstić information content (AvgIpc) is 3.07. The summed E-state index contributed by atoms with van der Waals surface area (Å²) < 4.78 is 1.72. The number of non-ortho nitro benzene ring substituents is 1. The Kier molecular flexibility index (Phi) is 6.05. The van der Waals surface area contributed by atoms with Gasteiger partial charge in [-0.2, -0.15) is 0 Å². The van der Waals surface area contributed by atoms with Crippen LogP contribution in [0.4, 0.5) is 5.69 Å². The van der Waals surface area contributed by atoms with Crippen LogP contribution in [-0.4, -0.2) is 31.3 Å². The lowest BCUT2D eigenvalue weighted by atomic mass is 10.1. The highest BCUT2D eigenvalue weighted by molar-refractivity contribution is 7.99. The highest BCUT2D eigenvalue weighted by Crippen LogP contribution is 2.25. The standard InChI is InChI=1S/C19H19N5O3S/c1-13(14-7-4-3-5-8-14)20-17(25)12-28-19-22-21-18(23(19)2)15-9-6-10-16(11-15)24(26)27/h3-11,13H,12H2,1-2H3,(H,20,25)/t13-/m1/s1. The predicted octanol–water partition coefficient (Wildman–Crippen LogP) is 3.36. The summed E-state index contributed by atoms with van der Waals surface area (Å²) in [7, 11) is 1.76. The number of carbonyl (C=O) groups excluding carboxylic acids is 1. The molecule has 1 amide bonds. The van der Waals surface area contributed by atoms with E-state index in [2.05, 4.69) is 15.5 Å². The van der Waals surface area contributed by atoms with E-state index in [1.165, 1.54) is 23.9 Å². The third-order valence-corrected chi connectivity index (χ3v) is 5.18. The maximum absolute atomic E-state index is 12.2. The van der Waals surface area contributed by atoms with Crippen LogP contribution in [0.25, 0.3) is 11.4 Å². The number of aromatic nitrogens is 3. The predicted molar refractivity (Wildman–Crippen MR) is 107 cm³/mol. The van der Waals surface area contributed by atoms with Gasteiger partial charge in [0.25, 0.3) is 5.69 Å². The number of amides is 1. The van der Waals surface area contributed by atoms with E-state index in [1.54, 1.807) is 23.7 Å². The fourth-order valence-corrected chi connectivity index (χ4v) is 3.41. The van der Waals surface area contributed by atoms with Gasteiger partial charge in [0.1, 0.15) is 0 Å². The van der Waals surface area contributed by atoms with Crippen LogP contribution >= 0.6 is 11.8 Å². The molecule has 8 nitrogen and oxygen atoms in total. The summed E-state index contributed by atoms with van der Waals surface area (Å²) in [6, 6.07) is 15.9. The molecule has 1 N–H and O–H groups in total. The molecule has 3 aromatic rings. The SMILES string of the molecule is C[C@@H](NC(=O)CSc1nnc(-c2cccc([N+](=O)[O-])c2)n1C)c1ccccc1. The molecule has 28 heavy (non-hydrogen) atoms. The van der Waals surface area contributed by atoms with E-state index < -0.39 is 4.92 Å². The Morgan fingerprint density at radius 3 is 2.68 bits per heavy atom. The van der Waals surface area contributed by atoms with Gasteiger partial charge >= 0.3 is 0 Å². The summed E-state index contributed by atoms with van der Waals surface area (Å²) >= 11 is 1.26. The van der Waals surface area contributed by atoms with Crippen LogP contribution in [0.2, 0.25) is 0 Å². The molecule has 0 aliphatic heterocycles. The zero-order valence-corrected chi connectivity index (χ0v) is 16.2. The molecule has 1 aromatic heterocycles. The Hall–Kier alpha value is -3.20. The summed E-state index contributed by atoms with van der Waals surface area (Å²) in [5.74, 6) is 0.587. The number of nitrogens with one attached hydrogen (secondary N) is 1. The molecule has 0 radical (unpaired) electrons. The first-order valence-electron chi connectivity index (χ1n) is 8.57. The molecular weight excluding hydrogens is 378 g/mol. The van der Waals surface area contributed by atoms with E-state index in [0.29, 0.717) is 16.5 Å². The molecule has 0 aliphatic rings. The van der Waals surface area contributed by atoms with Crippen molar-refractivity contribution in [2.45, 2.75) is 18.1 Å².